The smallest absolute Gasteiger partial charge is 0.358 e. The van der Waals surface area contributed by atoms with Crippen molar-refractivity contribution in [1.82, 2.24) is 5.16 Å². The standard InChI is InChI=1S/C14H14FNO4/c1-14(2,15)8-4-5-11(19-3)9(6-8)12-7-10(13(17)18)16-20-12/h4-7H,1-3H3,(H,17,18). The maximum Gasteiger partial charge on any atom is 0.358 e. The van der Waals surface area contributed by atoms with E-state index in [1.54, 1.807) is 18.2 Å². The van der Waals surface area contributed by atoms with Crippen molar-refractivity contribution >= 4 is 5.97 Å². The van der Waals surface area contributed by atoms with E-state index in [1.807, 2.05) is 0 Å². The summed E-state index contributed by atoms with van der Waals surface area (Å²) in [5.41, 5.74) is -0.860. The fraction of sp³-hybridized carbons (Fsp3) is 0.286. The molecule has 2 aromatic rings. The number of carboxylic acid groups (broad SMARTS) is 1. The number of hydrogen-bond donors (Lipinski definition) is 1. The van der Waals surface area contributed by atoms with Gasteiger partial charge in [0.05, 0.1) is 12.7 Å². The first-order chi connectivity index (χ1) is 9.32. The van der Waals surface area contributed by atoms with Gasteiger partial charge in [-0.2, -0.15) is 0 Å². The zero-order valence-corrected chi connectivity index (χ0v) is 11.3. The third kappa shape index (κ3) is 2.64. The van der Waals surface area contributed by atoms with E-state index in [2.05, 4.69) is 5.16 Å². The van der Waals surface area contributed by atoms with Crippen molar-refractivity contribution < 1.29 is 23.6 Å². The van der Waals surface area contributed by atoms with Crippen molar-refractivity contribution in [1.29, 1.82) is 0 Å². The molecule has 0 spiro atoms. The Bertz CT molecular complexity index is 643. The quantitative estimate of drug-likeness (QED) is 0.930. The van der Waals surface area contributed by atoms with E-state index in [0.717, 1.165) is 0 Å². The van der Waals surface area contributed by atoms with E-state index in [-0.39, 0.29) is 11.5 Å². The predicted octanol–water partition coefficient (Wildman–Crippen LogP) is 3.25. The Morgan fingerprint density at radius 1 is 1.40 bits per heavy atom. The maximum atomic E-state index is 14.0. The second-order valence-electron chi connectivity index (χ2n) is 4.77. The first kappa shape index (κ1) is 14.0. The molecular weight excluding hydrogens is 265 g/mol. The second kappa shape index (κ2) is 4.96. The lowest BCUT2D eigenvalue weighted by atomic mass is 9.97. The van der Waals surface area contributed by atoms with Crippen molar-refractivity contribution in [2.75, 3.05) is 7.11 Å². The topological polar surface area (TPSA) is 72.6 Å². The van der Waals surface area contributed by atoms with Gasteiger partial charge < -0.3 is 14.4 Å². The highest BCUT2D eigenvalue weighted by Crippen LogP contribution is 2.35. The number of benzene rings is 1. The summed E-state index contributed by atoms with van der Waals surface area (Å²) in [5, 5.41) is 12.3. The number of hydrogen-bond acceptors (Lipinski definition) is 4. The van der Waals surface area contributed by atoms with Gasteiger partial charge in [0.25, 0.3) is 0 Å². The normalized spacial score (nSPS) is 11.4. The third-order valence-electron chi connectivity index (χ3n) is 2.88. The van der Waals surface area contributed by atoms with Gasteiger partial charge in [0.15, 0.2) is 11.5 Å². The number of carboxylic acids is 1. The van der Waals surface area contributed by atoms with Gasteiger partial charge in [0.2, 0.25) is 0 Å². The van der Waals surface area contributed by atoms with Crippen LogP contribution in [0.3, 0.4) is 0 Å². The highest BCUT2D eigenvalue weighted by molar-refractivity contribution is 5.86. The SMILES string of the molecule is COc1ccc(C(C)(C)F)cc1-c1cc(C(=O)O)no1. The van der Waals surface area contributed by atoms with Gasteiger partial charge in [-0.05, 0) is 31.5 Å². The summed E-state index contributed by atoms with van der Waals surface area (Å²) in [5.74, 6) is -0.530. The zero-order valence-electron chi connectivity index (χ0n) is 11.3. The molecule has 1 aromatic heterocycles. The number of nitrogens with zero attached hydrogens (tertiary/aromatic N) is 1. The first-order valence-electron chi connectivity index (χ1n) is 5.90. The van der Waals surface area contributed by atoms with E-state index in [1.165, 1.54) is 27.0 Å². The highest BCUT2D eigenvalue weighted by Gasteiger charge is 2.22. The molecule has 0 aliphatic carbocycles. The van der Waals surface area contributed by atoms with Gasteiger partial charge in [0.1, 0.15) is 11.4 Å². The van der Waals surface area contributed by atoms with Crippen LogP contribution in [0.1, 0.15) is 29.9 Å². The summed E-state index contributed by atoms with van der Waals surface area (Å²) in [6.07, 6.45) is 0. The number of rotatable bonds is 4. The molecule has 6 heteroatoms. The Hall–Kier alpha value is -2.37. The minimum absolute atomic E-state index is 0.213. The Balaban J connectivity index is 2.55. The summed E-state index contributed by atoms with van der Waals surface area (Å²) in [7, 11) is 1.47. The number of aromatic nitrogens is 1. The molecule has 0 unspecified atom stereocenters. The van der Waals surface area contributed by atoms with Crippen LogP contribution in [0, 0.1) is 0 Å². The lowest BCUT2D eigenvalue weighted by Crippen LogP contribution is -2.09. The van der Waals surface area contributed by atoms with E-state index < -0.39 is 11.6 Å². The lowest BCUT2D eigenvalue weighted by molar-refractivity contribution is 0.0686. The minimum atomic E-state index is -1.53. The molecule has 0 atom stereocenters. The van der Waals surface area contributed by atoms with E-state index in [4.69, 9.17) is 14.4 Å². The summed E-state index contributed by atoms with van der Waals surface area (Å²) < 4.78 is 24.2. The van der Waals surface area contributed by atoms with Crippen molar-refractivity contribution in [2.24, 2.45) is 0 Å². The molecule has 0 radical (unpaired) electrons. The molecule has 2 rings (SSSR count). The van der Waals surface area contributed by atoms with Gasteiger partial charge in [-0.3, -0.25) is 0 Å². The fourth-order valence-corrected chi connectivity index (χ4v) is 1.77. The molecular formula is C14H14FNO4. The van der Waals surface area contributed by atoms with Crippen molar-refractivity contribution in [3.05, 3.63) is 35.5 Å². The average Bonchev–Trinajstić information content (AvgIpc) is 2.86. The molecule has 0 aliphatic rings. The van der Waals surface area contributed by atoms with Crippen molar-refractivity contribution in [3.8, 4) is 17.1 Å². The van der Waals surface area contributed by atoms with E-state index in [9.17, 15) is 9.18 Å². The van der Waals surface area contributed by atoms with Crippen molar-refractivity contribution in [2.45, 2.75) is 19.5 Å². The van der Waals surface area contributed by atoms with Gasteiger partial charge in [-0.15, -0.1) is 0 Å². The minimum Gasteiger partial charge on any atom is -0.496 e. The lowest BCUT2D eigenvalue weighted by Gasteiger charge is -2.16. The van der Waals surface area contributed by atoms with Crippen LogP contribution in [0.2, 0.25) is 0 Å². The fourth-order valence-electron chi connectivity index (χ4n) is 1.77. The van der Waals surface area contributed by atoms with Gasteiger partial charge in [0, 0.05) is 6.07 Å². The van der Waals surface area contributed by atoms with Crippen LogP contribution in [0.5, 0.6) is 5.75 Å². The molecule has 20 heavy (non-hydrogen) atoms. The van der Waals surface area contributed by atoms with E-state index >= 15 is 0 Å². The Kier molecular flexibility index (Phi) is 3.48. The molecule has 106 valence electrons. The molecule has 5 nitrogen and oxygen atoms in total. The molecule has 0 amide bonds. The number of ether oxygens (including phenoxy) is 1. The number of halogens is 1. The molecule has 1 N–H and O–H groups in total. The molecule has 0 saturated heterocycles. The Labute approximate surface area is 115 Å². The van der Waals surface area contributed by atoms with Crippen molar-refractivity contribution in [3.63, 3.8) is 0 Å². The number of carbonyl (C=O) groups is 1. The summed E-state index contributed by atoms with van der Waals surface area (Å²) >= 11 is 0. The van der Waals surface area contributed by atoms with Gasteiger partial charge >= 0.3 is 5.97 Å². The van der Waals surface area contributed by atoms with Gasteiger partial charge in [-0.1, -0.05) is 11.2 Å². The van der Waals surface area contributed by atoms with Crippen LogP contribution < -0.4 is 4.74 Å². The summed E-state index contributed by atoms with van der Waals surface area (Å²) in [6.45, 7) is 2.86. The molecule has 1 heterocycles. The van der Waals surface area contributed by atoms with Crippen LogP contribution in [-0.2, 0) is 5.67 Å². The van der Waals surface area contributed by atoms with Crippen LogP contribution in [0.25, 0.3) is 11.3 Å². The molecule has 0 fully saturated rings. The van der Waals surface area contributed by atoms with Crippen LogP contribution >= 0.6 is 0 Å². The zero-order chi connectivity index (χ0) is 14.9. The number of aromatic carboxylic acids is 1. The predicted molar refractivity (Wildman–Crippen MR) is 69.6 cm³/mol. The third-order valence-corrected chi connectivity index (χ3v) is 2.88. The second-order valence-corrected chi connectivity index (χ2v) is 4.77. The van der Waals surface area contributed by atoms with E-state index in [0.29, 0.717) is 16.9 Å². The highest BCUT2D eigenvalue weighted by atomic mass is 19.1. The van der Waals surface area contributed by atoms with Crippen LogP contribution in [0.4, 0.5) is 4.39 Å². The first-order valence-corrected chi connectivity index (χ1v) is 5.90. The largest absolute Gasteiger partial charge is 0.496 e. The maximum absolute atomic E-state index is 14.0. The number of alkyl halides is 1. The molecule has 0 saturated carbocycles. The Morgan fingerprint density at radius 3 is 2.60 bits per heavy atom. The average molecular weight is 279 g/mol. The van der Waals surface area contributed by atoms with Crippen LogP contribution in [0.15, 0.2) is 28.8 Å². The molecule has 0 aliphatic heterocycles. The van der Waals surface area contributed by atoms with Gasteiger partial charge in [-0.25, -0.2) is 9.18 Å². The Morgan fingerprint density at radius 2 is 2.10 bits per heavy atom. The summed E-state index contributed by atoms with van der Waals surface area (Å²) in [4.78, 5) is 10.8. The monoisotopic (exact) mass is 279 g/mol. The number of methoxy groups -OCH3 is 1. The molecule has 0 bridgehead atoms. The molecule has 1 aromatic carbocycles. The summed E-state index contributed by atoms with van der Waals surface area (Å²) in [6, 6.07) is 6.05. The van der Waals surface area contributed by atoms with Crippen LogP contribution in [-0.4, -0.2) is 23.3 Å².